The minimum absolute atomic E-state index is 0.0532. The number of piperazine rings is 1. The quantitative estimate of drug-likeness (QED) is 0.829. The SMILES string of the molecule is CCCC(=O)N1CCN(C(=O)C(C)Oc2ccc(Cl)cc2)CC1. The van der Waals surface area contributed by atoms with Crippen LogP contribution in [0.5, 0.6) is 5.75 Å². The number of amides is 2. The summed E-state index contributed by atoms with van der Waals surface area (Å²) in [6.07, 6.45) is 0.864. The van der Waals surface area contributed by atoms with E-state index in [0.717, 1.165) is 6.42 Å². The van der Waals surface area contributed by atoms with Crippen LogP contribution < -0.4 is 4.74 Å². The second-order valence-electron chi connectivity index (χ2n) is 5.67. The number of hydrogen-bond donors (Lipinski definition) is 0. The first kappa shape index (κ1) is 17.6. The van der Waals surface area contributed by atoms with Gasteiger partial charge in [0.05, 0.1) is 0 Å². The maximum Gasteiger partial charge on any atom is 0.263 e. The molecule has 1 aromatic carbocycles. The third-order valence-corrected chi connectivity index (χ3v) is 4.13. The lowest BCUT2D eigenvalue weighted by Gasteiger charge is -2.36. The fraction of sp³-hybridized carbons (Fsp3) is 0.529. The highest BCUT2D eigenvalue weighted by Gasteiger charge is 2.27. The van der Waals surface area contributed by atoms with E-state index in [1.165, 1.54) is 0 Å². The lowest BCUT2D eigenvalue weighted by atomic mass is 10.2. The minimum atomic E-state index is -0.561. The molecule has 126 valence electrons. The molecule has 0 aliphatic carbocycles. The molecule has 1 aromatic rings. The van der Waals surface area contributed by atoms with Crippen molar-refractivity contribution in [3.05, 3.63) is 29.3 Å². The van der Waals surface area contributed by atoms with Gasteiger partial charge in [0.15, 0.2) is 6.10 Å². The van der Waals surface area contributed by atoms with Crippen LogP contribution in [0.2, 0.25) is 5.02 Å². The fourth-order valence-electron chi connectivity index (χ4n) is 2.57. The number of carbonyl (C=O) groups is 2. The smallest absolute Gasteiger partial charge is 0.263 e. The van der Waals surface area contributed by atoms with Gasteiger partial charge in [-0.25, -0.2) is 0 Å². The maximum atomic E-state index is 12.4. The molecule has 0 bridgehead atoms. The Hall–Kier alpha value is -1.75. The monoisotopic (exact) mass is 338 g/mol. The van der Waals surface area contributed by atoms with Crippen molar-refractivity contribution < 1.29 is 14.3 Å². The Labute approximate surface area is 142 Å². The molecule has 0 spiro atoms. The van der Waals surface area contributed by atoms with Gasteiger partial charge in [0.2, 0.25) is 5.91 Å². The van der Waals surface area contributed by atoms with Crippen LogP contribution >= 0.6 is 11.6 Å². The number of benzene rings is 1. The summed E-state index contributed by atoms with van der Waals surface area (Å²) in [6.45, 7) is 6.04. The number of hydrogen-bond acceptors (Lipinski definition) is 3. The van der Waals surface area contributed by atoms with Gasteiger partial charge in [0.1, 0.15) is 5.75 Å². The van der Waals surface area contributed by atoms with E-state index in [0.29, 0.717) is 43.4 Å². The zero-order chi connectivity index (χ0) is 16.8. The van der Waals surface area contributed by atoms with E-state index >= 15 is 0 Å². The van der Waals surface area contributed by atoms with Crippen molar-refractivity contribution in [2.45, 2.75) is 32.8 Å². The predicted octanol–water partition coefficient (Wildman–Crippen LogP) is 2.58. The summed E-state index contributed by atoms with van der Waals surface area (Å²) in [6, 6.07) is 6.94. The molecule has 2 amide bonds. The van der Waals surface area contributed by atoms with E-state index in [4.69, 9.17) is 16.3 Å². The van der Waals surface area contributed by atoms with Gasteiger partial charge in [0.25, 0.3) is 5.91 Å². The molecule has 1 fully saturated rings. The molecule has 0 aromatic heterocycles. The van der Waals surface area contributed by atoms with Crippen molar-refractivity contribution in [3.63, 3.8) is 0 Å². The fourth-order valence-corrected chi connectivity index (χ4v) is 2.70. The summed E-state index contributed by atoms with van der Waals surface area (Å²) in [5.41, 5.74) is 0. The van der Waals surface area contributed by atoms with Crippen LogP contribution in [-0.2, 0) is 9.59 Å². The molecular weight excluding hydrogens is 316 g/mol. The molecule has 0 saturated carbocycles. The molecule has 6 heteroatoms. The molecule has 0 N–H and O–H groups in total. The van der Waals surface area contributed by atoms with Crippen LogP contribution in [-0.4, -0.2) is 53.9 Å². The molecule has 2 rings (SSSR count). The summed E-state index contributed by atoms with van der Waals surface area (Å²) in [4.78, 5) is 27.9. The zero-order valence-corrected chi connectivity index (χ0v) is 14.4. The molecule has 1 saturated heterocycles. The Bertz CT molecular complexity index is 539. The van der Waals surface area contributed by atoms with E-state index in [9.17, 15) is 9.59 Å². The highest BCUT2D eigenvalue weighted by atomic mass is 35.5. The van der Waals surface area contributed by atoms with Gasteiger partial charge >= 0.3 is 0 Å². The van der Waals surface area contributed by atoms with Gasteiger partial charge in [-0.15, -0.1) is 0 Å². The largest absolute Gasteiger partial charge is 0.481 e. The first-order valence-electron chi connectivity index (χ1n) is 8.00. The number of halogens is 1. The van der Waals surface area contributed by atoms with Crippen molar-refractivity contribution in [1.29, 1.82) is 0 Å². The highest BCUT2D eigenvalue weighted by Crippen LogP contribution is 2.17. The second-order valence-corrected chi connectivity index (χ2v) is 6.11. The first-order chi connectivity index (χ1) is 11.0. The van der Waals surface area contributed by atoms with Gasteiger partial charge in [0, 0.05) is 37.6 Å². The summed E-state index contributed by atoms with van der Waals surface area (Å²) in [7, 11) is 0. The molecule has 1 heterocycles. The Morgan fingerprint density at radius 2 is 1.70 bits per heavy atom. The Morgan fingerprint density at radius 1 is 1.13 bits per heavy atom. The lowest BCUT2D eigenvalue weighted by molar-refractivity contribution is -0.143. The average molecular weight is 339 g/mol. The van der Waals surface area contributed by atoms with Gasteiger partial charge in [-0.1, -0.05) is 18.5 Å². The van der Waals surface area contributed by atoms with Crippen molar-refractivity contribution in [3.8, 4) is 5.75 Å². The topological polar surface area (TPSA) is 49.9 Å². The summed E-state index contributed by atoms with van der Waals surface area (Å²) < 4.78 is 5.67. The van der Waals surface area contributed by atoms with Gasteiger partial charge in [-0.2, -0.15) is 0 Å². The number of nitrogens with zero attached hydrogens (tertiary/aromatic N) is 2. The molecule has 0 radical (unpaired) electrons. The van der Waals surface area contributed by atoms with Gasteiger partial charge < -0.3 is 14.5 Å². The molecule has 1 atom stereocenters. The third kappa shape index (κ3) is 4.86. The van der Waals surface area contributed by atoms with Gasteiger partial charge in [-0.05, 0) is 37.6 Å². The van der Waals surface area contributed by atoms with E-state index < -0.39 is 6.10 Å². The van der Waals surface area contributed by atoms with E-state index in [1.54, 1.807) is 36.1 Å². The average Bonchev–Trinajstić information content (AvgIpc) is 2.56. The number of ether oxygens (including phenoxy) is 1. The standard InChI is InChI=1S/C17H23ClN2O3/c1-3-4-16(21)19-9-11-20(12-10-19)17(22)13(2)23-15-7-5-14(18)6-8-15/h5-8,13H,3-4,9-12H2,1-2H3. The summed E-state index contributed by atoms with van der Waals surface area (Å²) in [5.74, 6) is 0.736. The third-order valence-electron chi connectivity index (χ3n) is 3.88. The number of rotatable bonds is 5. The van der Waals surface area contributed by atoms with Crippen LogP contribution in [0.3, 0.4) is 0 Å². The molecule has 1 unspecified atom stereocenters. The van der Waals surface area contributed by atoms with E-state index in [-0.39, 0.29) is 11.8 Å². The van der Waals surface area contributed by atoms with Crippen LogP contribution in [0, 0.1) is 0 Å². The molecule has 1 aliphatic rings. The first-order valence-corrected chi connectivity index (χ1v) is 8.38. The minimum Gasteiger partial charge on any atom is -0.481 e. The normalized spacial score (nSPS) is 16.1. The zero-order valence-electron chi connectivity index (χ0n) is 13.6. The van der Waals surface area contributed by atoms with Gasteiger partial charge in [-0.3, -0.25) is 9.59 Å². The Morgan fingerprint density at radius 3 is 2.26 bits per heavy atom. The van der Waals surface area contributed by atoms with Crippen LogP contribution in [0.15, 0.2) is 24.3 Å². The summed E-state index contributed by atoms with van der Waals surface area (Å²) in [5, 5.41) is 0.629. The van der Waals surface area contributed by atoms with Crippen molar-refractivity contribution in [1.82, 2.24) is 9.80 Å². The van der Waals surface area contributed by atoms with Crippen molar-refractivity contribution in [2.24, 2.45) is 0 Å². The van der Waals surface area contributed by atoms with E-state index in [1.807, 2.05) is 11.8 Å². The van der Waals surface area contributed by atoms with Crippen LogP contribution in [0.4, 0.5) is 0 Å². The molecule has 23 heavy (non-hydrogen) atoms. The lowest BCUT2D eigenvalue weighted by Crippen LogP contribution is -2.53. The predicted molar refractivity (Wildman–Crippen MR) is 89.6 cm³/mol. The van der Waals surface area contributed by atoms with E-state index in [2.05, 4.69) is 0 Å². The molecule has 5 nitrogen and oxygen atoms in total. The van der Waals surface area contributed by atoms with Crippen molar-refractivity contribution >= 4 is 23.4 Å². The molecular formula is C17H23ClN2O3. The number of carbonyl (C=O) groups excluding carboxylic acids is 2. The maximum absolute atomic E-state index is 12.4. The second kappa shape index (κ2) is 8.20. The summed E-state index contributed by atoms with van der Waals surface area (Å²) >= 11 is 5.83. The van der Waals surface area contributed by atoms with Crippen LogP contribution in [0.25, 0.3) is 0 Å². The van der Waals surface area contributed by atoms with Crippen molar-refractivity contribution in [2.75, 3.05) is 26.2 Å². The molecule has 1 aliphatic heterocycles. The van der Waals surface area contributed by atoms with Crippen LogP contribution in [0.1, 0.15) is 26.7 Å². The Kier molecular flexibility index (Phi) is 6.28. The highest BCUT2D eigenvalue weighted by molar-refractivity contribution is 6.30. The Balaban J connectivity index is 1.84.